The van der Waals surface area contributed by atoms with E-state index in [1.807, 2.05) is 66.4 Å². The molecule has 0 radical (unpaired) electrons. The Morgan fingerprint density at radius 1 is 0.935 bits per heavy atom. The molecule has 2 aromatic rings. The van der Waals surface area contributed by atoms with Crippen LogP contribution < -0.4 is 5.32 Å². The summed E-state index contributed by atoms with van der Waals surface area (Å²) < 4.78 is 26.8. The number of rotatable bonds is 7. The topological polar surface area (TPSA) is 69.7 Å². The van der Waals surface area contributed by atoms with Gasteiger partial charge in [0.15, 0.2) is 0 Å². The second kappa shape index (κ2) is 10.2. The number of nitrogens with one attached hydrogen (secondary N) is 1. The van der Waals surface area contributed by atoms with E-state index in [1.165, 1.54) is 9.71 Å². The van der Waals surface area contributed by atoms with Gasteiger partial charge in [-0.05, 0) is 36.1 Å². The highest BCUT2D eigenvalue weighted by Crippen LogP contribution is 2.24. The van der Waals surface area contributed by atoms with E-state index in [0.29, 0.717) is 32.1 Å². The van der Waals surface area contributed by atoms with Crippen LogP contribution in [0.2, 0.25) is 0 Å². The van der Waals surface area contributed by atoms with Crippen LogP contribution in [0.3, 0.4) is 0 Å². The number of nitrogens with zero attached hydrogens (tertiary/aromatic N) is 2. The lowest BCUT2D eigenvalue weighted by molar-refractivity contribution is -0.121. The average Bonchev–Trinajstić information content (AvgIpc) is 2.78. The molecule has 1 unspecified atom stereocenters. The van der Waals surface area contributed by atoms with E-state index in [0.717, 1.165) is 16.8 Å². The van der Waals surface area contributed by atoms with Gasteiger partial charge >= 0.3 is 0 Å². The van der Waals surface area contributed by atoms with E-state index in [4.69, 9.17) is 0 Å². The molecule has 7 heteroatoms. The maximum atomic E-state index is 12.8. The van der Waals surface area contributed by atoms with Crippen molar-refractivity contribution in [2.24, 2.45) is 0 Å². The quantitative estimate of drug-likeness (QED) is 0.710. The summed E-state index contributed by atoms with van der Waals surface area (Å²) in [5.74, 6) is 0.234. The molecule has 1 saturated heterocycles. The summed E-state index contributed by atoms with van der Waals surface area (Å²) in [6.07, 6.45) is 1.62. The summed E-state index contributed by atoms with van der Waals surface area (Å²) >= 11 is 0. The number of sulfonamides is 1. The number of hydrogen-bond acceptors (Lipinski definition) is 4. The molecule has 2 aromatic carbocycles. The standard InChI is InChI=1S/C24H31N3O3S/c1-19(2)22-11-7-8-12-23(22)25-24(28)20(3)26-14-16-27(17-15-26)31(29,30)18-13-21-9-5-4-6-10-21/h4-13,18-20H,14-17H2,1-3H3,(H,25,28)/b18-13+. The molecule has 6 nitrogen and oxygen atoms in total. The summed E-state index contributed by atoms with van der Waals surface area (Å²) in [5, 5.41) is 4.31. The lowest BCUT2D eigenvalue weighted by Gasteiger charge is -2.36. The zero-order valence-electron chi connectivity index (χ0n) is 18.4. The third-order valence-corrected chi connectivity index (χ3v) is 7.20. The van der Waals surface area contributed by atoms with Gasteiger partial charge < -0.3 is 5.32 Å². The Morgan fingerprint density at radius 2 is 1.55 bits per heavy atom. The molecule has 1 heterocycles. The third kappa shape index (κ3) is 6.03. The van der Waals surface area contributed by atoms with Gasteiger partial charge in [0.25, 0.3) is 0 Å². The number of benzene rings is 2. The van der Waals surface area contributed by atoms with Crippen molar-refractivity contribution in [3.05, 3.63) is 71.1 Å². The highest BCUT2D eigenvalue weighted by molar-refractivity contribution is 7.92. The smallest absolute Gasteiger partial charge is 0.241 e. The predicted octanol–water partition coefficient (Wildman–Crippen LogP) is 3.76. The molecular formula is C24H31N3O3S. The summed E-state index contributed by atoms with van der Waals surface area (Å²) in [5.41, 5.74) is 2.78. The number of piperazine rings is 1. The summed E-state index contributed by atoms with van der Waals surface area (Å²) in [6, 6.07) is 16.9. The summed E-state index contributed by atoms with van der Waals surface area (Å²) in [6.45, 7) is 7.81. The fourth-order valence-corrected chi connectivity index (χ4v) is 4.85. The van der Waals surface area contributed by atoms with Crippen LogP contribution in [-0.4, -0.2) is 55.8 Å². The Labute approximate surface area is 185 Å². The van der Waals surface area contributed by atoms with Crippen molar-refractivity contribution in [3.8, 4) is 0 Å². The number of hydrogen-bond donors (Lipinski definition) is 1. The number of anilines is 1. The van der Waals surface area contributed by atoms with Crippen molar-refractivity contribution in [2.45, 2.75) is 32.7 Å². The lowest BCUT2D eigenvalue weighted by atomic mass is 10.0. The van der Waals surface area contributed by atoms with Crippen molar-refractivity contribution in [1.82, 2.24) is 9.21 Å². The van der Waals surface area contributed by atoms with Crippen molar-refractivity contribution < 1.29 is 13.2 Å². The molecule has 3 rings (SSSR count). The highest BCUT2D eigenvalue weighted by Gasteiger charge is 2.30. The van der Waals surface area contributed by atoms with Gasteiger partial charge in [0.2, 0.25) is 15.9 Å². The molecule has 0 saturated carbocycles. The van der Waals surface area contributed by atoms with E-state index >= 15 is 0 Å². The van der Waals surface area contributed by atoms with E-state index in [9.17, 15) is 13.2 Å². The minimum Gasteiger partial charge on any atom is -0.324 e. The largest absolute Gasteiger partial charge is 0.324 e. The summed E-state index contributed by atoms with van der Waals surface area (Å²) in [4.78, 5) is 14.9. The lowest BCUT2D eigenvalue weighted by Crippen LogP contribution is -2.53. The van der Waals surface area contributed by atoms with Crippen LogP contribution in [0, 0.1) is 0 Å². The van der Waals surface area contributed by atoms with Gasteiger partial charge in [-0.1, -0.05) is 62.4 Å². The fourth-order valence-electron chi connectivity index (χ4n) is 3.68. The minimum atomic E-state index is -3.49. The molecule has 1 aliphatic rings. The molecule has 0 spiro atoms. The van der Waals surface area contributed by atoms with Crippen molar-refractivity contribution in [1.29, 1.82) is 0 Å². The van der Waals surface area contributed by atoms with E-state index in [-0.39, 0.29) is 11.9 Å². The zero-order valence-corrected chi connectivity index (χ0v) is 19.2. The van der Waals surface area contributed by atoms with Crippen LogP contribution in [0.4, 0.5) is 5.69 Å². The van der Waals surface area contributed by atoms with Crippen molar-refractivity contribution >= 4 is 27.7 Å². The highest BCUT2D eigenvalue weighted by atomic mass is 32.2. The first-order chi connectivity index (χ1) is 14.8. The van der Waals surface area contributed by atoms with Gasteiger partial charge in [-0.2, -0.15) is 4.31 Å². The monoisotopic (exact) mass is 441 g/mol. The van der Waals surface area contributed by atoms with Gasteiger partial charge in [0.05, 0.1) is 6.04 Å². The molecule has 1 atom stereocenters. The van der Waals surface area contributed by atoms with Gasteiger partial charge in [-0.3, -0.25) is 9.69 Å². The molecule has 1 aliphatic heterocycles. The molecule has 0 bridgehead atoms. The molecular weight excluding hydrogens is 410 g/mol. The Morgan fingerprint density at radius 3 is 2.19 bits per heavy atom. The SMILES string of the molecule is CC(C)c1ccccc1NC(=O)C(C)N1CCN(S(=O)(=O)/C=C/c2ccccc2)CC1. The van der Waals surface area contributed by atoms with Crippen LogP contribution in [0.5, 0.6) is 0 Å². The van der Waals surface area contributed by atoms with E-state index in [1.54, 1.807) is 6.08 Å². The first-order valence-corrected chi connectivity index (χ1v) is 12.2. The molecule has 1 N–H and O–H groups in total. The minimum absolute atomic E-state index is 0.0756. The normalized spacial score (nSPS) is 17.2. The maximum absolute atomic E-state index is 12.8. The molecule has 1 amide bonds. The van der Waals surface area contributed by atoms with Crippen LogP contribution in [-0.2, 0) is 14.8 Å². The van der Waals surface area contributed by atoms with Gasteiger partial charge in [-0.15, -0.1) is 0 Å². The first-order valence-electron chi connectivity index (χ1n) is 10.6. The summed E-state index contributed by atoms with van der Waals surface area (Å²) in [7, 11) is -3.49. The van der Waals surface area contributed by atoms with Crippen molar-refractivity contribution in [3.63, 3.8) is 0 Å². The maximum Gasteiger partial charge on any atom is 0.241 e. The second-order valence-electron chi connectivity index (χ2n) is 8.10. The Bertz CT molecular complexity index is 1010. The van der Waals surface area contributed by atoms with Gasteiger partial charge in [-0.25, -0.2) is 8.42 Å². The van der Waals surface area contributed by atoms with Crippen LogP contribution in [0.15, 0.2) is 60.0 Å². The third-order valence-electron chi connectivity index (χ3n) is 5.63. The van der Waals surface area contributed by atoms with Crippen LogP contribution in [0.1, 0.15) is 37.8 Å². The molecule has 31 heavy (non-hydrogen) atoms. The number of carbonyl (C=O) groups is 1. The van der Waals surface area contributed by atoms with E-state index < -0.39 is 10.0 Å². The number of amides is 1. The average molecular weight is 442 g/mol. The van der Waals surface area contributed by atoms with Gasteiger partial charge in [0.1, 0.15) is 0 Å². The van der Waals surface area contributed by atoms with Crippen LogP contribution >= 0.6 is 0 Å². The first kappa shape index (κ1) is 23.2. The Balaban J connectivity index is 1.57. The molecule has 1 fully saturated rings. The van der Waals surface area contributed by atoms with Crippen molar-refractivity contribution in [2.75, 3.05) is 31.5 Å². The molecule has 166 valence electrons. The number of carbonyl (C=O) groups excluding carboxylic acids is 1. The second-order valence-corrected chi connectivity index (χ2v) is 9.92. The van der Waals surface area contributed by atoms with E-state index in [2.05, 4.69) is 19.2 Å². The molecule has 0 aliphatic carbocycles. The zero-order chi connectivity index (χ0) is 22.4. The Kier molecular flexibility index (Phi) is 7.64. The predicted molar refractivity (Wildman–Crippen MR) is 126 cm³/mol. The molecule has 0 aromatic heterocycles. The Hall–Kier alpha value is -2.48. The number of para-hydroxylation sites is 1. The van der Waals surface area contributed by atoms with Gasteiger partial charge in [0, 0.05) is 37.3 Å². The fraction of sp³-hybridized carbons (Fsp3) is 0.375. The van der Waals surface area contributed by atoms with Crippen LogP contribution in [0.25, 0.3) is 6.08 Å².